The van der Waals surface area contributed by atoms with Crippen LogP contribution in [-0.4, -0.2) is 65.3 Å². The van der Waals surface area contributed by atoms with Crippen molar-refractivity contribution in [1.82, 2.24) is 15.2 Å². The number of likely N-dealkylation sites (tertiary alicyclic amines) is 1. The summed E-state index contributed by atoms with van der Waals surface area (Å²) in [7, 11) is 1.28. The highest BCUT2D eigenvalue weighted by Crippen LogP contribution is 2.28. The third kappa shape index (κ3) is 6.96. The van der Waals surface area contributed by atoms with E-state index in [1.54, 1.807) is 33.2 Å². The lowest BCUT2D eigenvalue weighted by atomic mass is 10.0. The highest BCUT2D eigenvalue weighted by Gasteiger charge is 2.44. The largest absolute Gasteiger partial charge is 0.487 e. The number of rotatable bonds is 7. The molecule has 1 unspecified atom stereocenters. The fourth-order valence-corrected chi connectivity index (χ4v) is 4.08. The lowest BCUT2D eigenvalue weighted by molar-refractivity contribution is -0.152. The third-order valence-electron chi connectivity index (χ3n) is 5.75. The number of hydrogen-bond donors (Lipinski definition) is 1. The second-order valence-corrected chi connectivity index (χ2v) is 10.1. The van der Waals surface area contributed by atoms with Crippen LogP contribution in [-0.2, 0) is 19.1 Å². The van der Waals surface area contributed by atoms with E-state index >= 15 is 0 Å². The monoisotopic (exact) mass is 497 g/mol. The first kappa shape index (κ1) is 27.0. The van der Waals surface area contributed by atoms with Crippen LogP contribution in [0.15, 0.2) is 48.8 Å². The number of aromatic nitrogens is 1. The van der Waals surface area contributed by atoms with Crippen molar-refractivity contribution in [2.24, 2.45) is 5.92 Å². The Hall–Kier alpha value is -3.62. The van der Waals surface area contributed by atoms with E-state index in [-0.39, 0.29) is 18.9 Å². The quantitative estimate of drug-likeness (QED) is 0.580. The highest BCUT2D eigenvalue weighted by atomic mass is 16.6. The molecule has 0 bridgehead atoms. The van der Waals surface area contributed by atoms with Crippen molar-refractivity contribution in [3.8, 4) is 16.9 Å². The molecule has 1 aromatic heterocycles. The number of nitrogens with one attached hydrogen (secondary N) is 1. The fraction of sp³-hybridized carbons (Fsp3) is 0.481. The van der Waals surface area contributed by atoms with Crippen molar-refractivity contribution in [3.05, 3.63) is 48.8 Å². The molecule has 0 spiro atoms. The molecule has 3 rings (SSSR count). The molecule has 3 atom stereocenters. The topological polar surface area (TPSA) is 107 Å². The number of methoxy groups -OCH3 is 1. The summed E-state index contributed by atoms with van der Waals surface area (Å²) in [6, 6.07) is 9.95. The molecule has 194 valence electrons. The molecular formula is C27H35N3O6. The second kappa shape index (κ2) is 11.4. The molecule has 2 heterocycles. The first-order valence-corrected chi connectivity index (χ1v) is 12.0. The van der Waals surface area contributed by atoms with Crippen LogP contribution in [0.25, 0.3) is 11.1 Å². The van der Waals surface area contributed by atoms with Gasteiger partial charge in [-0.3, -0.25) is 9.78 Å². The third-order valence-corrected chi connectivity index (χ3v) is 5.75. The standard InChI is InChI=1S/C27H35N3O6/c1-17(2)23(29-26(33)36-27(3,4)5)24(31)30-16-21(13-22(30)25(32)34-6)35-20-12-19(14-28-15-20)18-10-8-7-9-11-18/h7-12,14-15,17,21-23H,13,16H2,1-6H3,(H,29,33)/t21-,22+,23?/m1/s1. The Morgan fingerprint density at radius 1 is 1.08 bits per heavy atom. The summed E-state index contributed by atoms with van der Waals surface area (Å²) in [5.41, 5.74) is 1.18. The summed E-state index contributed by atoms with van der Waals surface area (Å²) >= 11 is 0. The number of carbonyl (C=O) groups excluding carboxylic acids is 3. The molecule has 1 aromatic carbocycles. The van der Waals surface area contributed by atoms with Gasteiger partial charge in [-0.2, -0.15) is 0 Å². The predicted octanol–water partition coefficient (Wildman–Crippen LogP) is 3.82. The van der Waals surface area contributed by atoms with E-state index in [1.165, 1.54) is 12.0 Å². The average molecular weight is 498 g/mol. The number of amides is 2. The molecular weight excluding hydrogens is 462 g/mol. The first-order chi connectivity index (χ1) is 17.0. The predicted molar refractivity (Wildman–Crippen MR) is 134 cm³/mol. The van der Waals surface area contributed by atoms with Crippen LogP contribution in [0.1, 0.15) is 41.0 Å². The van der Waals surface area contributed by atoms with Crippen LogP contribution < -0.4 is 10.1 Å². The number of carbonyl (C=O) groups is 3. The maximum absolute atomic E-state index is 13.5. The smallest absolute Gasteiger partial charge is 0.408 e. The molecule has 2 amide bonds. The molecule has 9 nitrogen and oxygen atoms in total. The lowest BCUT2D eigenvalue weighted by Gasteiger charge is -2.30. The summed E-state index contributed by atoms with van der Waals surface area (Å²) in [4.78, 5) is 44.2. The Morgan fingerprint density at radius 2 is 1.78 bits per heavy atom. The summed E-state index contributed by atoms with van der Waals surface area (Å²) in [6.07, 6.45) is 2.45. The van der Waals surface area contributed by atoms with Crippen LogP contribution in [0.3, 0.4) is 0 Å². The zero-order valence-electron chi connectivity index (χ0n) is 21.7. The van der Waals surface area contributed by atoms with Crippen LogP contribution >= 0.6 is 0 Å². The van der Waals surface area contributed by atoms with Crippen molar-refractivity contribution in [2.45, 2.75) is 64.8 Å². The van der Waals surface area contributed by atoms with Crippen LogP contribution in [0.4, 0.5) is 4.79 Å². The van der Waals surface area contributed by atoms with Crippen molar-refractivity contribution < 1.29 is 28.6 Å². The summed E-state index contributed by atoms with van der Waals surface area (Å²) in [6.45, 7) is 9.03. The highest BCUT2D eigenvalue weighted by molar-refractivity contribution is 5.90. The van der Waals surface area contributed by atoms with E-state index in [0.717, 1.165) is 11.1 Å². The van der Waals surface area contributed by atoms with Gasteiger partial charge >= 0.3 is 12.1 Å². The van der Waals surface area contributed by atoms with E-state index in [0.29, 0.717) is 5.75 Å². The summed E-state index contributed by atoms with van der Waals surface area (Å²) in [5, 5.41) is 2.66. The number of nitrogens with zero attached hydrogens (tertiary/aromatic N) is 2. The number of benzene rings is 1. The van der Waals surface area contributed by atoms with Crippen LogP contribution in [0.2, 0.25) is 0 Å². The number of ether oxygens (including phenoxy) is 3. The Bertz CT molecular complexity index is 1070. The number of alkyl carbamates (subject to hydrolysis) is 1. The van der Waals surface area contributed by atoms with Gasteiger partial charge in [0.05, 0.1) is 19.9 Å². The molecule has 1 aliphatic rings. The van der Waals surface area contributed by atoms with Crippen LogP contribution in [0.5, 0.6) is 5.75 Å². The van der Waals surface area contributed by atoms with E-state index in [9.17, 15) is 14.4 Å². The summed E-state index contributed by atoms with van der Waals surface area (Å²) < 4.78 is 16.4. The number of hydrogen-bond acceptors (Lipinski definition) is 7. The molecule has 1 fully saturated rings. The zero-order valence-corrected chi connectivity index (χ0v) is 21.7. The van der Waals surface area contributed by atoms with Gasteiger partial charge in [-0.1, -0.05) is 44.2 Å². The maximum atomic E-state index is 13.5. The van der Waals surface area contributed by atoms with Crippen LogP contribution in [0, 0.1) is 5.92 Å². The molecule has 2 aromatic rings. The van der Waals surface area contributed by atoms with Gasteiger partial charge in [-0.05, 0) is 38.3 Å². The van der Waals surface area contributed by atoms with E-state index in [1.807, 2.05) is 50.2 Å². The minimum atomic E-state index is -0.881. The molecule has 0 radical (unpaired) electrons. The normalized spacial score (nSPS) is 18.5. The Morgan fingerprint density at radius 3 is 2.39 bits per heavy atom. The van der Waals surface area contributed by atoms with Gasteiger partial charge in [0.25, 0.3) is 0 Å². The molecule has 1 N–H and O–H groups in total. The van der Waals surface area contributed by atoms with Gasteiger partial charge in [0.15, 0.2) is 0 Å². The number of pyridine rings is 1. The van der Waals surface area contributed by atoms with E-state index in [4.69, 9.17) is 14.2 Å². The van der Waals surface area contributed by atoms with E-state index < -0.39 is 41.8 Å². The first-order valence-electron chi connectivity index (χ1n) is 12.0. The van der Waals surface area contributed by atoms with Gasteiger partial charge in [-0.25, -0.2) is 9.59 Å². The molecule has 0 aliphatic carbocycles. The van der Waals surface area contributed by atoms with Crippen molar-refractivity contribution in [3.63, 3.8) is 0 Å². The summed E-state index contributed by atoms with van der Waals surface area (Å²) in [5.74, 6) is -0.638. The Kier molecular flexibility index (Phi) is 8.55. The maximum Gasteiger partial charge on any atom is 0.408 e. The zero-order chi connectivity index (χ0) is 26.5. The Labute approximate surface area is 212 Å². The van der Waals surface area contributed by atoms with Crippen molar-refractivity contribution >= 4 is 18.0 Å². The molecule has 9 heteroatoms. The van der Waals surface area contributed by atoms with E-state index in [2.05, 4.69) is 10.3 Å². The van der Waals surface area contributed by atoms with Crippen molar-refractivity contribution in [1.29, 1.82) is 0 Å². The van der Waals surface area contributed by atoms with Gasteiger partial charge < -0.3 is 24.4 Å². The molecule has 0 saturated carbocycles. The lowest BCUT2D eigenvalue weighted by Crippen LogP contribution is -2.54. The minimum absolute atomic E-state index is 0.160. The molecule has 1 saturated heterocycles. The molecule has 36 heavy (non-hydrogen) atoms. The van der Waals surface area contributed by atoms with Gasteiger partial charge in [0, 0.05) is 18.2 Å². The van der Waals surface area contributed by atoms with Gasteiger partial charge in [0.1, 0.15) is 29.5 Å². The van der Waals surface area contributed by atoms with Gasteiger partial charge in [0.2, 0.25) is 5.91 Å². The Balaban J connectivity index is 1.77. The number of esters is 1. The second-order valence-electron chi connectivity index (χ2n) is 10.1. The van der Waals surface area contributed by atoms with Crippen molar-refractivity contribution in [2.75, 3.05) is 13.7 Å². The fourth-order valence-electron chi connectivity index (χ4n) is 4.08. The molecule has 1 aliphatic heterocycles. The SMILES string of the molecule is COC(=O)[C@@H]1C[C@@H](Oc2cncc(-c3ccccc3)c2)CN1C(=O)C(NC(=O)OC(C)(C)C)C(C)C. The average Bonchev–Trinajstić information content (AvgIpc) is 3.25. The minimum Gasteiger partial charge on any atom is -0.487 e. The van der Waals surface area contributed by atoms with Gasteiger partial charge in [-0.15, -0.1) is 0 Å².